The Morgan fingerprint density at radius 2 is 2.20 bits per heavy atom. The van der Waals surface area contributed by atoms with Gasteiger partial charge in [-0.25, -0.2) is 0 Å². The number of carboxylic acids is 1. The number of nitriles is 1. The molecule has 0 saturated carbocycles. The number of hydrogen-bond donors (Lipinski definition) is 1. The molecule has 1 atom stereocenters. The monoisotopic (exact) mass is 210 g/mol. The normalized spacial score (nSPS) is 20.8. The second-order valence-electron chi connectivity index (χ2n) is 4.22. The molecular weight excluding hydrogens is 192 g/mol. The number of hydrogen-bond acceptors (Lipinski definition) is 3. The highest BCUT2D eigenvalue weighted by Crippen LogP contribution is 2.22. The molecule has 0 spiro atoms. The minimum atomic E-state index is -0.706. The van der Waals surface area contributed by atoms with E-state index in [1.165, 1.54) is 0 Å². The highest BCUT2D eigenvalue weighted by atomic mass is 16.4. The number of aliphatic carboxylic acids is 1. The van der Waals surface area contributed by atoms with E-state index in [-0.39, 0.29) is 12.5 Å². The molecule has 1 saturated heterocycles. The third kappa shape index (κ3) is 3.88. The molecule has 1 heterocycles. The first-order chi connectivity index (χ1) is 7.13. The predicted octanol–water partition coefficient (Wildman–Crippen LogP) is 1.48. The number of carboxylic acid groups (broad SMARTS) is 1. The van der Waals surface area contributed by atoms with Gasteiger partial charge >= 0.3 is 5.97 Å². The lowest BCUT2D eigenvalue weighted by Crippen LogP contribution is -2.39. The second-order valence-corrected chi connectivity index (χ2v) is 4.22. The summed E-state index contributed by atoms with van der Waals surface area (Å²) in [5.74, 6) is -0.175. The van der Waals surface area contributed by atoms with Crippen LogP contribution in [-0.2, 0) is 4.79 Å². The largest absolute Gasteiger partial charge is 0.481 e. The van der Waals surface area contributed by atoms with Gasteiger partial charge in [0.1, 0.15) is 0 Å². The molecule has 84 valence electrons. The van der Waals surface area contributed by atoms with Crippen LogP contribution in [0.5, 0.6) is 0 Å². The summed E-state index contributed by atoms with van der Waals surface area (Å²) in [7, 11) is 0. The van der Waals surface area contributed by atoms with Crippen molar-refractivity contribution in [3.63, 3.8) is 0 Å². The molecule has 0 aromatic carbocycles. The van der Waals surface area contributed by atoms with E-state index in [1.54, 1.807) is 0 Å². The summed E-state index contributed by atoms with van der Waals surface area (Å²) in [6, 6.07) is 2.22. The number of piperidine rings is 1. The highest BCUT2D eigenvalue weighted by Gasteiger charge is 2.22. The van der Waals surface area contributed by atoms with Crippen molar-refractivity contribution in [1.29, 1.82) is 5.26 Å². The van der Waals surface area contributed by atoms with E-state index >= 15 is 0 Å². The maximum atomic E-state index is 10.4. The van der Waals surface area contributed by atoms with Crippen LogP contribution in [0.25, 0.3) is 0 Å². The minimum Gasteiger partial charge on any atom is -0.481 e. The highest BCUT2D eigenvalue weighted by molar-refractivity contribution is 5.66. The van der Waals surface area contributed by atoms with Gasteiger partial charge in [-0.1, -0.05) is 0 Å². The van der Waals surface area contributed by atoms with Gasteiger partial charge in [-0.05, 0) is 45.2 Å². The molecule has 0 amide bonds. The third-order valence-electron chi connectivity index (χ3n) is 3.15. The van der Waals surface area contributed by atoms with Gasteiger partial charge in [0.25, 0.3) is 0 Å². The molecule has 0 aliphatic carbocycles. The van der Waals surface area contributed by atoms with Crippen molar-refractivity contribution in [2.24, 2.45) is 5.92 Å². The molecule has 15 heavy (non-hydrogen) atoms. The Morgan fingerprint density at radius 3 is 2.67 bits per heavy atom. The zero-order valence-electron chi connectivity index (χ0n) is 9.15. The molecule has 0 radical (unpaired) electrons. The summed E-state index contributed by atoms with van der Waals surface area (Å²) < 4.78 is 0. The van der Waals surface area contributed by atoms with Crippen LogP contribution in [0, 0.1) is 17.2 Å². The maximum absolute atomic E-state index is 10.4. The van der Waals surface area contributed by atoms with E-state index in [4.69, 9.17) is 10.4 Å². The molecule has 0 aromatic heterocycles. The van der Waals surface area contributed by atoms with Gasteiger partial charge in [0.15, 0.2) is 0 Å². The Kier molecular flexibility index (Phi) is 4.57. The van der Waals surface area contributed by atoms with Crippen LogP contribution in [0.4, 0.5) is 0 Å². The molecule has 1 fully saturated rings. The van der Waals surface area contributed by atoms with E-state index in [1.807, 2.05) is 6.92 Å². The molecule has 1 aliphatic heterocycles. The molecule has 4 heteroatoms. The van der Waals surface area contributed by atoms with Gasteiger partial charge in [-0.3, -0.25) is 9.69 Å². The van der Waals surface area contributed by atoms with Gasteiger partial charge in [0.2, 0.25) is 0 Å². The summed E-state index contributed by atoms with van der Waals surface area (Å²) in [5.41, 5.74) is 0. The fraction of sp³-hybridized carbons (Fsp3) is 0.818. The predicted molar refractivity (Wildman–Crippen MR) is 56.2 cm³/mol. The molecule has 0 bridgehead atoms. The number of carbonyl (C=O) groups is 1. The topological polar surface area (TPSA) is 64.3 Å². The lowest BCUT2D eigenvalue weighted by Gasteiger charge is -2.33. The summed E-state index contributed by atoms with van der Waals surface area (Å²) in [5, 5.41) is 17.3. The van der Waals surface area contributed by atoms with Crippen LogP contribution < -0.4 is 0 Å². The van der Waals surface area contributed by atoms with Crippen molar-refractivity contribution in [3.05, 3.63) is 0 Å². The van der Waals surface area contributed by atoms with Gasteiger partial charge in [0, 0.05) is 6.42 Å². The Balaban J connectivity index is 2.24. The first-order valence-corrected chi connectivity index (χ1v) is 5.49. The Bertz CT molecular complexity index is 252. The van der Waals surface area contributed by atoms with Gasteiger partial charge in [-0.2, -0.15) is 5.26 Å². The van der Waals surface area contributed by atoms with Crippen molar-refractivity contribution >= 4 is 5.97 Å². The average Bonchev–Trinajstić information content (AvgIpc) is 2.26. The van der Waals surface area contributed by atoms with E-state index in [0.717, 1.165) is 32.4 Å². The Labute approximate surface area is 90.5 Å². The van der Waals surface area contributed by atoms with Crippen LogP contribution in [0.1, 0.15) is 32.6 Å². The number of rotatable bonds is 4. The van der Waals surface area contributed by atoms with Crippen LogP contribution >= 0.6 is 0 Å². The first kappa shape index (κ1) is 12.0. The Morgan fingerprint density at radius 1 is 1.60 bits per heavy atom. The number of likely N-dealkylation sites (tertiary alicyclic amines) is 1. The quantitative estimate of drug-likeness (QED) is 0.763. The smallest absolute Gasteiger partial charge is 0.303 e. The van der Waals surface area contributed by atoms with E-state index in [0.29, 0.717) is 5.92 Å². The maximum Gasteiger partial charge on any atom is 0.303 e. The van der Waals surface area contributed by atoms with Crippen molar-refractivity contribution in [3.8, 4) is 6.07 Å². The summed E-state index contributed by atoms with van der Waals surface area (Å²) in [4.78, 5) is 12.6. The zero-order valence-corrected chi connectivity index (χ0v) is 9.15. The third-order valence-corrected chi connectivity index (χ3v) is 3.15. The van der Waals surface area contributed by atoms with Crippen molar-refractivity contribution in [2.75, 3.05) is 13.1 Å². The molecule has 1 N–H and O–H groups in total. The Hall–Kier alpha value is -1.08. The van der Waals surface area contributed by atoms with E-state index < -0.39 is 5.97 Å². The summed E-state index contributed by atoms with van der Waals surface area (Å²) in [6.45, 7) is 3.77. The SMILES string of the molecule is CC(C#N)N1CCC(CCC(=O)O)CC1. The minimum absolute atomic E-state index is 0.00887. The van der Waals surface area contributed by atoms with Crippen LogP contribution in [-0.4, -0.2) is 35.1 Å². The first-order valence-electron chi connectivity index (χ1n) is 5.49. The van der Waals surface area contributed by atoms with Crippen molar-refractivity contribution in [2.45, 2.75) is 38.6 Å². The van der Waals surface area contributed by atoms with Gasteiger partial charge in [-0.15, -0.1) is 0 Å². The lowest BCUT2D eigenvalue weighted by molar-refractivity contribution is -0.137. The fourth-order valence-electron chi connectivity index (χ4n) is 2.04. The van der Waals surface area contributed by atoms with Crippen molar-refractivity contribution < 1.29 is 9.90 Å². The standard InChI is InChI=1S/C11H18N2O2/c1-9(8-12)13-6-4-10(5-7-13)2-3-11(14)15/h9-10H,2-7H2,1H3,(H,14,15). The van der Waals surface area contributed by atoms with E-state index in [2.05, 4.69) is 11.0 Å². The van der Waals surface area contributed by atoms with Crippen LogP contribution in [0.2, 0.25) is 0 Å². The molecule has 1 rings (SSSR count). The van der Waals surface area contributed by atoms with Crippen molar-refractivity contribution in [1.82, 2.24) is 4.90 Å². The van der Waals surface area contributed by atoms with Crippen LogP contribution in [0.15, 0.2) is 0 Å². The molecule has 0 aromatic rings. The lowest BCUT2D eigenvalue weighted by atomic mass is 9.91. The van der Waals surface area contributed by atoms with E-state index in [9.17, 15) is 4.79 Å². The molecule has 4 nitrogen and oxygen atoms in total. The number of nitrogens with zero attached hydrogens (tertiary/aromatic N) is 2. The zero-order chi connectivity index (χ0) is 11.3. The summed E-state index contributed by atoms with van der Waals surface area (Å²) >= 11 is 0. The molecule has 1 unspecified atom stereocenters. The summed E-state index contributed by atoms with van der Waals surface area (Å²) in [6.07, 6.45) is 3.11. The van der Waals surface area contributed by atoms with Gasteiger partial charge in [0.05, 0.1) is 12.1 Å². The molecule has 1 aliphatic rings. The second kappa shape index (κ2) is 5.72. The average molecular weight is 210 g/mol. The fourth-order valence-corrected chi connectivity index (χ4v) is 2.04. The van der Waals surface area contributed by atoms with Crippen LogP contribution in [0.3, 0.4) is 0 Å². The molecular formula is C11H18N2O2. The van der Waals surface area contributed by atoms with Gasteiger partial charge < -0.3 is 5.11 Å².